The largest absolute Gasteiger partial charge is 0.417 e. The number of hydroxylamine groups is 2. The first kappa shape index (κ1) is 16.6. The molecule has 142 valence electrons. The lowest BCUT2D eigenvalue weighted by atomic mass is 9.97. The second-order valence-electron chi connectivity index (χ2n) is 6.48. The van der Waals surface area contributed by atoms with Crippen molar-refractivity contribution in [2.45, 2.75) is 12.8 Å². The molecule has 3 heterocycles. The summed E-state index contributed by atoms with van der Waals surface area (Å²) in [6, 6.07) is 15.0. The summed E-state index contributed by atoms with van der Waals surface area (Å²) in [7, 11) is 0. The molecule has 1 fully saturated rings. The molecule has 28 heavy (non-hydrogen) atoms. The van der Waals surface area contributed by atoms with Crippen LogP contribution in [-0.4, -0.2) is 28.6 Å². The van der Waals surface area contributed by atoms with Gasteiger partial charge in [-0.2, -0.15) is 5.06 Å². The highest BCUT2D eigenvalue weighted by atomic mass is 16.9. The Hall–Kier alpha value is -3.56. The number of aromatic amines is 1. The number of anilines is 1. The highest BCUT2D eigenvalue weighted by Crippen LogP contribution is 2.43. The Bertz CT molecular complexity index is 1180. The summed E-state index contributed by atoms with van der Waals surface area (Å²) < 4.78 is 11.1. The van der Waals surface area contributed by atoms with Crippen LogP contribution in [0, 0.1) is 0 Å². The fourth-order valence-electron chi connectivity index (χ4n) is 3.62. The van der Waals surface area contributed by atoms with Crippen molar-refractivity contribution in [3.63, 3.8) is 0 Å². The van der Waals surface area contributed by atoms with Crippen molar-refractivity contribution in [1.82, 2.24) is 10.0 Å². The Labute approximate surface area is 159 Å². The van der Waals surface area contributed by atoms with E-state index in [1.807, 2.05) is 37.3 Å². The standard InChI is InChI=1S/C19H17N5O4/c1-11-16(12-5-3-2-4-6-12)19(24(17(20)21-11)27-10-26-19)23-13-7-8-15-14(9-13)22-18(25)28-15/h2-9,23H,10H2,1H3,(H2,20,21)(H,22,25). The minimum atomic E-state index is -1.21. The fourth-order valence-corrected chi connectivity index (χ4v) is 3.62. The molecule has 9 nitrogen and oxygen atoms in total. The molecule has 1 atom stereocenters. The van der Waals surface area contributed by atoms with Crippen LogP contribution >= 0.6 is 0 Å². The van der Waals surface area contributed by atoms with Crippen LogP contribution in [0.4, 0.5) is 5.69 Å². The number of H-pyrrole nitrogens is 1. The second kappa shape index (κ2) is 5.98. The normalized spacial score (nSPS) is 21.8. The first-order chi connectivity index (χ1) is 13.6. The maximum Gasteiger partial charge on any atom is 0.417 e. The number of aliphatic imine (C=N–C) groups is 1. The Kier molecular flexibility index (Phi) is 3.54. The Morgan fingerprint density at radius 2 is 2.07 bits per heavy atom. The first-order valence-electron chi connectivity index (χ1n) is 8.66. The molecule has 0 radical (unpaired) electrons. The van der Waals surface area contributed by atoms with E-state index in [2.05, 4.69) is 15.3 Å². The van der Waals surface area contributed by atoms with E-state index < -0.39 is 11.6 Å². The van der Waals surface area contributed by atoms with Gasteiger partial charge in [-0.25, -0.2) is 14.6 Å². The zero-order valence-corrected chi connectivity index (χ0v) is 14.9. The quantitative estimate of drug-likeness (QED) is 0.638. The van der Waals surface area contributed by atoms with Gasteiger partial charge in [0.05, 0.1) is 16.8 Å². The van der Waals surface area contributed by atoms with Gasteiger partial charge in [-0.05, 0) is 30.7 Å². The van der Waals surface area contributed by atoms with Crippen molar-refractivity contribution in [1.29, 1.82) is 0 Å². The first-order valence-corrected chi connectivity index (χ1v) is 8.66. The predicted molar refractivity (Wildman–Crippen MR) is 103 cm³/mol. The van der Waals surface area contributed by atoms with E-state index in [9.17, 15) is 4.79 Å². The van der Waals surface area contributed by atoms with E-state index in [1.54, 1.807) is 18.2 Å². The van der Waals surface area contributed by atoms with Gasteiger partial charge in [0.1, 0.15) is 0 Å². The number of ether oxygens (including phenoxy) is 1. The SMILES string of the molecule is CC1=C(c2ccccc2)C2(Nc3ccc4oc(=O)[nH]c4c3)OCON2C(N)=N1. The summed E-state index contributed by atoms with van der Waals surface area (Å²) in [6.45, 7) is 1.87. The van der Waals surface area contributed by atoms with Gasteiger partial charge < -0.3 is 20.2 Å². The van der Waals surface area contributed by atoms with Crippen molar-refractivity contribution in [3.8, 4) is 0 Å². The molecule has 4 N–H and O–H groups in total. The van der Waals surface area contributed by atoms with Crippen molar-refractivity contribution in [2.75, 3.05) is 12.1 Å². The summed E-state index contributed by atoms with van der Waals surface area (Å²) in [4.78, 5) is 24.1. The topological polar surface area (TPSA) is 118 Å². The fraction of sp³-hybridized carbons (Fsp3) is 0.158. The summed E-state index contributed by atoms with van der Waals surface area (Å²) in [6.07, 6.45) is 0. The number of hydrogen-bond acceptors (Lipinski definition) is 8. The molecule has 1 unspecified atom stereocenters. The zero-order valence-electron chi connectivity index (χ0n) is 14.9. The summed E-state index contributed by atoms with van der Waals surface area (Å²) in [5, 5.41) is 4.78. The second-order valence-corrected chi connectivity index (χ2v) is 6.48. The van der Waals surface area contributed by atoms with Crippen molar-refractivity contribution < 1.29 is 14.0 Å². The maximum atomic E-state index is 11.5. The maximum absolute atomic E-state index is 11.5. The highest BCUT2D eigenvalue weighted by molar-refractivity contribution is 5.90. The van der Waals surface area contributed by atoms with Crippen LogP contribution in [0.2, 0.25) is 0 Å². The van der Waals surface area contributed by atoms with Crippen LogP contribution in [0.5, 0.6) is 0 Å². The third-order valence-corrected chi connectivity index (χ3v) is 4.72. The van der Waals surface area contributed by atoms with Gasteiger partial charge in [-0.1, -0.05) is 30.3 Å². The third kappa shape index (κ3) is 2.41. The number of benzene rings is 2. The molecule has 0 amide bonds. The number of nitrogens with zero attached hydrogens (tertiary/aromatic N) is 2. The van der Waals surface area contributed by atoms with Crippen LogP contribution in [0.15, 0.2) is 68.4 Å². The molecule has 3 aromatic rings. The van der Waals surface area contributed by atoms with E-state index in [-0.39, 0.29) is 12.8 Å². The molecule has 9 heteroatoms. The van der Waals surface area contributed by atoms with Crippen LogP contribution < -0.4 is 16.8 Å². The Morgan fingerprint density at radius 1 is 1.25 bits per heavy atom. The van der Waals surface area contributed by atoms with Crippen LogP contribution in [-0.2, 0) is 9.57 Å². The molecular formula is C19H17N5O4. The number of fused-ring (bicyclic) bond motifs is 2. The van der Waals surface area contributed by atoms with Gasteiger partial charge in [0.2, 0.25) is 5.96 Å². The van der Waals surface area contributed by atoms with Gasteiger partial charge in [0.25, 0.3) is 5.85 Å². The molecule has 2 aliphatic rings. The van der Waals surface area contributed by atoms with Gasteiger partial charge in [-0.15, -0.1) is 0 Å². The Balaban J connectivity index is 1.66. The van der Waals surface area contributed by atoms with Gasteiger partial charge >= 0.3 is 5.76 Å². The lowest BCUT2D eigenvalue weighted by Crippen LogP contribution is -2.58. The Morgan fingerprint density at radius 3 is 2.89 bits per heavy atom. The molecule has 5 rings (SSSR count). The number of rotatable bonds is 3. The lowest BCUT2D eigenvalue weighted by Gasteiger charge is -2.40. The van der Waals surface area contributed by atoms with E-state index in [1.165, 1.54) is 5.06 Å². The predicted octanol–water partition coefficient (Wildman–Crippen LogP) is 2.17. The molecule has 0 aliphatic carbocycles. The molecule has 2 aliphatic heterocycles. The molecule has 0 bridgehead atoms. The summed E-state index contributed by atoms with van der Waals surface area (Å²) >= 11 is 0. The number of nitrogens with one attached hydrogen (secondary N) is 2. The molecule has 2 aromatic carbocycles. The molecular weight excluding hydrogens is 362 g/mol. The van der Waals surface area contributed by atoms with Crippen LogP contribution in [0.3, 0.4) is 0 Å². The van der Waals surface area contributed by atoms with Crippen molar-refractivity contribution in [3.05, 3.63) is 70.3 Å². The molecule has 0 saturated carbocycles. The number of aromatic nitrogens is 1. The lowest BCUT2D eigenvalue weighted by molar-refractivity contribution is -0.0790. The van der Waals surface area contributed by atoms with Crippen molar-refractivity contribution in [2.24, 2.45) is 10.7 Å². The minimum Gasteiger partial charge on any atom is -0.408 e. The van der Waals surface area contributed by atoms with E-state index in [0.29, 0.717) is 22.5 Å². The smallest absolute Gasteiger partial charge is 0.408 e. The molecule has 0 spiro atoms. The van der Waals surface area contributed by atoms with E-state index in [4.69, 9.17) is 19.7 Å². The minimum absolute atomic E-state index is 0.00236. The number of oxazole rings is 1. The zero-order chi connectivity index (χ0) is 19.3. The number of guanidine groups is 1. The van der Waals surface area contributed by atoms with Crippen molar-refractivity contribution >= 4 is 28.3 Å². The van der Waals surface area contributed by atoms with Crippen LogP contribution in [0.1, 0.15) is 12.5 Å². The molecule has 1 saturated heterocycles. The number of hydrogen-bond donors (Lipinski definition) is 3. The van der Waals surface area contributed by atoms with E-state index >= 15 is 0 Å². The average molecular weight is 379 g/mol. The van der Waals surface area contributed by atoms with Gasteiger partial charge in [-0.3, -0.25) is 4.98 Å². The van der Waals surface area contributed by atoms with E-state index in [0.717, 1.165) is 11.1 Å². The summed E-state index contributed by atoms with van der Waals surface area (Å²) in [5.41, 5.74) is 10.2. The average Bonchev–Trinajstić information content (AvgIpc) is 3.25. The summed E-state index contributed by atoms with van der Waals surface area (Å²) in [5.74, 6) is -1.54. The van der Waals surface area contributed by atoms with Gasteiger partial charge in [0.15, 0.2) is 12.4 Å². The number of allylic oxidation sites excluding steroid dienone is 1. The number of nitrogens with two attached hydrogens (primary N) is 1. The monoisotopic (exact) mass is 379 g/mol. The highest BCUT2D eigenvalue weighted by Gasteiger charge is 2.52. The third-order valence-electron chi connectivity index (χ3n) is 4.72. The van der Waals surface area contributed by atoms with Gasteiger partial charge in [0, 0.05) is 5.69 Å². The molecule has 1 aromatic heterocycles. The van der Waals surface area contributed by atoms with Crippen LogP contribution in [0.25, 0.3) is 16.7 Å².